The van der Waals surface area contributed by atoms with Crippen LogP contribution < -0.4 is 10.9 Å². The van der Waals surface area contributed by atoms with E-state index < -0.39 is 11.5 Å². The summed E-state index contributed by atoms with van der Waals surface area (Å²) in [5.74, 6) is -0.666. The van der Waals surface area contributed by atoms with Crippen LogP contribution in [0.15, 0.2) is 41.3 Å². The standard InChI is InChI=1S/C28H33FN4O4.CH4O/c1-18-2-8-22(9-3-18)31-27(35)24-25(34)23-16-20(19-4-6-21(29)7-5-19)17-30-26(23)33(28(24)36)11-10-32-12-14-37-15-13-32;1-2/h4-7,16-18,22,34H,2-3,8-15H2,1H3,(H,31,35);2H,1H3. The highest BCUT2D eigenvalue weighted by atomic mass is 19.1. The van der Waals surface area contributed by atoms with Crippen molar-refractivity contribution in [2.75, 3.05) is 40.0 Å². The molecule has 5 rings (SSSR count). The molecule has 10 heteroatoms. The Morgan fingerprint density at radius 3 is 2.41 bits per heavy atom. The summed E-state index contributed by atoms with van der Waals surface area (Å²) >= 11 is 0. The molecule has 1 amide bonds. The number of aromatic nitrogens is 2. The highest BCUT2D eigenvalue weighted by Crippen LogP contribution is 2.30. The Bertz CT molecular complexity index is 1330. The van der Waals surface area contributed by atoms with E-state index in [4.69, 9.17) is 9.84 Å². The summed E-state index contributed by atoms with van der Waals surface area (Å²) in [5, 5.41) is 21.5. The van der Waals surface area contributed by atoms with Crippen LogP contribution in [0.25, 0.3) is 22.2 Å². The van der Waals surface area contributed by atoms with E-state index in [1.807, 2.05) is 0 Å². The maximum Gasteiger partial charge on any atom is 0.268 e. The van der Waals surface area contributed by atoms with Crippen molar-refractivity contribution in [3.63, 3.8) is 0 Å². The van der Waals surface area contributed by atoms with Gasteiger partial charge in [0.25, 0.3) is 11.5 Å². The molecule has 0 atom stereocenters. The van der Waals surface area contributed by atoms with Gasteiger partial charge < -0.3 is 20.3 Å². The highest BCUT2D eigenvalue weighted by Gasteiger charge is 2.27. The third-order valence-corrected chi connectivity index (χ3v) is 7.57. The van der Waals surface area contributed by atoms with Gasteiger partial charge in [0.05, 0.1) is 18.6 Å². The number of ether oxygens (including phenoxy) is 1. The first-order valence-electron chi connectivity index (χ1n) is 13.5. The molecule has 39 heavy (non-hydrogen) atoms. The number of carbonyl (C=O) groups is 1. The molecule has 1 aliphatic carbocycles. The molecule has 0 unspecified atom stereocenters. The molecule has 3 aromatic rings. The monoisotopic (exact) mass is 540 g/mol. The van der Waals surface area contributed by atoms with Crippen LogP contribution in [0.1, 0.15) is 43.0 Å². The van der Waals surface area contributed by atoms with Crippen molar-refractivity contribution in [2.45, 2.75) is 45.2 Å². The average Bonchev–Trinajstić information content (AvgIpc) is 2.96. The largest absolute Gasteiger partial charge is 0.506 e. The molecule has 2 aliphatic rings. The minimum absolute atomic E-state index is 0.0244. The van der Waals surface area contributed by atoms with Crippen LogP contribution >= 0.6 is 0 Å². The molecule has 1 saturated carbocycles. The fourth-order valence-corrected chi connectivity index (χ4v) is 5.25. The maximum absolute atomic E-state index is 13.6. The predicted molar refractivity (Wildman–Crippen MR) is 147 cm³/mol. The Labute approximate surface area is 227 Å². The van der Waals surface area contributed by atoms with Crippen LogP contribution in [0.3, 0.4) is 0 Å². The third kappa shape index (κ3) is 6.63. The Hall–Kier alpha value is -3.34. The summed E-state index contributed by atoms with van der Waals surface area (Å²) in [6.07, 6.45) is 5.33. The summed E-state index contributed by atoms with van der Waals surface area (Å²) in [7, 11) is 1.00. The van der Waals surface area contributed by atoms with Crippen molar-refractivity contribution in [2.24, 2.45) is 5.92 Å². The molecule has 0 radical (unpaired) electrons. The van der Waals surface area contributed by atoms with Gasteiger partial charge in [-0.1, -0.05) is 19.1 Å². The molecule has 0 bridgehead atoms. The minimum atomic E-state index is -0.559. The van der Waals surface area contributed by atoms with E-state index in [0.29, 0.717) is 54.4 Å². The second-order valence-electron chi connectivity index (χ2n) is 10.2. The summed E-state index contributed by atoms with van der Waals surface area (Å²) in [6.45, 7) is 5.91. The fourth-order valence-electron chi connectivity index (χ4n) is 5.25. The summed E-state index contributed by atoms with van der Waals surface area (Å²) in [5.41, 5.74) is 0.857. The second kappa shape index (κ2) is 13.1. The molecule has 210 valence electrons. The summed E-state index contributed by atoms with van der Waals surface area (Å²) in [6, 6.07) is 7.64. The van der Waals surface area contributed by atoms with Gasteiger partial charge in [0.1, 0.15) is 22.8 Å². The van der Waals surface area contributed by atoms with E-state index in [9.17, 15) is 19.1 Å². The van der Waals surface area contributed by atoms with Crippen molar-refractivity contribution >= 4 is 16.9 Å². The average molecular weight is 541 g/mol. The van der Waals surface area contributed by atoms with E-state index >= 15 is 0 Å². The number of morpholine rings is 1. The number of benzene rings is 1. The zero-order valence-electron chi connectivity index (χ0n) is 22.5. The smallest absolute Gasteiger partial charge is 0.268 e. The number of rotatable bonds is 6. The zero-order valence-corrected chi connectivity index (χ0v) is 22.5. The quantitative estimate of drug-likeness (QED) is 0.440. The van der Waals surface area contributed by atoms with E-state index in [-0.39, 0.29) is 23.2 Å². The van der Waals surface area contributed by atoms with Crippen molar-refractivity contribution in [3.05, 3.63) is 58.3 Å². The lowest BCUT2D eigenvalue weighted by molar-refractivity contribution is 0.0364. The van der Waals surface area contributed by atoms with Crippen LogP contribution in [0.2, 0.25) is 0 Å². The second-order valence-corrected chi connectivity index (χ2v) is 10.2. The number of halogens is 1. The number of nitrogens with zero attached hydrogens (tertiary/aromatic N) is 3. The van der Waals surface area contributed by atoms with E-state index in [2.05, 4.69) is 22.1 Å². The van der Waals surface area contributed by atoms with E-state index in [1.165, 1.54) is 16.7 Å². The highest BCUT2D eigenvalue weighted by molar-refractivity contribution is 6.02. The van der Waals surface area contributed by atoms with Crippen molar-refractivity contribution in [3.8, 4) is 16.9 Å². The lowest BCUT2D eigenvalue weighted by atomic mass is 9.87. The maximum atomic E-state index is 13.6. The van der Waals surface area contributed by atoms with Gasteiger partial charge in [-0.05, 0) is 55.4 Å². The summed E-state index contributed by atoms with van der Waals surface area (Å²) in [4.78, 5) is 33.7. The van der Waals surface area contributed by atoms with Crippen LogP contribution in [0.4, 0.5) is 4.39 Å². The molecule has 9 nitrogen and oxygen atoms in total. The topological polar surface area (TPSA) is 117 Å². The van der Waals surface area contributed by atoms with Gasteiger partial charge in [0.15, 0.2) is 0 Å². The van der Waals surface area contributed by atoms with Gasteiger partial charge in [-0.3, -0.25) is 19.1 Å². The number of aromatic hydroxyl groups is 1. The number of aliphatic hydroxyl groups excluding tert-OH is 1. The van der Waals surface area contributed by atoms with Gasteiger partial charge in [0.2, 0.25) is 0 Å². The molecule has 1 saturated heterocycles. The number of aliphatic hydroxyl groups is 1. The number of carbonyl (C=O) groups excluding carboxylic acids is 1. The first-order valence-corrected chi connectivity index (χ1v) is 13.5. The Morgan fingerprint density at radius 1 is 1.08 bits per heavy atom. The van der Waals surface area contributed by atoms with Crippen LogP contribution in [0.5, 0.6) is 5.75 Å². The van der Waals surface area contributed by atoms with Crippen molar-refractivity contribution < 1.29 is 24.1 Å². The number of hydrogen-bond acceptors (Lipinski definition) is 7. The number of fused-ring (bicyclic) bond motifs is 1. The SMILES string of the molecule is CC1CCC(NC(=O)c2c(O)c3cc(-c4ccc(F)cc4)cnc3n(CCN3CCOCC3)c2=O)CC1.CO. The molecule has 3 N–H and O–H groups in total. The minimum Gasteiger partial charge on any atom is -0.506 e. The number of pyridine rings is 2. The van der Waals surface area contributed by atoms with Crippen LogP contribution in [0, 0.1) is 11.7 Å². The van der Waals surface area contributed by atoms with Crippen molar-refractivity contribution in [1.82, 2.24) is 19.8 Å². The van der Waals surface area contributed by atoms with E-state index in [0.717, 1.165) is 45.9 Å². The Balaban J connectivity index is 0.00000172. The molecule has 3 heterocycles. The van der Waals surface area contributed by atoms with Gasteiger partial charge in [-0.25, -0.2) is 9.37 Å². The molecule has 2 aromatic heterocycles. The normalized spacial score (nSPS) is 19.8. The van der Waals surface area contributed by atoms with E-state index in [1.54, 1.807) is 24.4 Å². The van der Waals surface area contributed by atoms with Gasteiger partial charge in [0, 0.05) is 51.1 Å². The van der Waals surface area contributed by atoms with Gasteiger partial charge >= 0.3 is 0 Å². The Kier molecular flexibility index (Phi) is 9.66. The summed E-state index contributed by atoms with van der Waals surface area (Å²) < 4.78 is 20.4. The fraction of sp³-hybridized carbons (Fsp3) is 0.483. The van der Waals surface area contributed by atoms with Crippen LogP contribution in [-0.4, -0.2) is 76.6 Å². The van der Waals surface area contributed by atoms with Gasteiger partial charge in [-0.2, -0.15) is 0 Å². The number of hydrogen-bond donors (Lipinski definition) is 3. The van der Waals surface area contributed by atoms with Crippen LogP contribution in [-0.2, 0) is 11.3 Å². The first-order chi connectivity index (χ1) is 18.9. The lowest BCUT2D eigenvalue weighted by Crippen LogP contribution is -2.42. The lowest BCUT2D eigenvalue weighted by Gasteiger charge is -2.28. The number of nitrogens with one attached hydrogen (secondary N) is 1. The zero-order chi connectivity index (χ0) is 27.9. The van der Waals surface area contributed by atoms with Crippen molar-refractivity contribution in [1.29, 1.82) is 0 Å². The predicted octanol–water partition coefficient (Wildman–Crippen LogP) is 3.16. The molecule has 2 fully saturated rings. The first kappa shape index (κ1) is 28.7. The Morgan fingerprint density at radius 2 is 1.74 bits per heavy atom. The molecule has 0 spiro atoms. The third-order valence-electron chi connectivity index (χ3n) is 7.57. The molecular weight excluding hydrogens is 503 g/mol. The molecule has 1 aliphatic heterocycles. The number of amides is 1. The van der Waals surface area contributed by atoms with Gasteiger partial charge in [-0.15, -0.1) is 0 Å². The molecule has 1 aromatic carbocycles. The molecular formula is C29H37FN4O5.